The Morgan fingerprint density at radius 2 is 2.28 bits per heavy atom. The second-order valence-corrected chi connectivity index (χ2v) is 6.66. The lowest BCUT2D eigenvalue weighted by atomic mass is 10.1. The first-order chi connectivity index (χ1) is 12.1. The molecule has 1 aliphatic rings. The molecule has 8 heteroatoms. The monoisotopic (exact) mass is 359 g/mol. The number of rotatable bonds is 5. The van der Waals surface area contributed by atoms with Crippen LogP contribution in [0.1, 0.15) is 53.1 Å². The SMILES string of the molecule is CCn1ncc(Cl)c1CNC(=O)c1cc(C2CC2)nc2onc(C)c12. The van der Waals surface area contributed by atoms with Gasteiger partial charge in [0.15, 0.2) is 0 Å². The van der Waals surface area contributed by atoms with E-state index in [2.05, 4.69) is 20.6 Å². The average molecular weight is 360 g/mol. The molecule has 4 rings (SSSR count). The summed E-state index contributed by atoms with van der Waals surface area (Å²) in [6.07, 6.45) is 3.78. The zero-order chi connectivity index (χ0) is 17.6. The predicted molar refractivity (Wildman–Crippen MR) is 92.6 cm³/mol. The molecule has 130 valence electrons. The normalized spacial score (nSPS) is 14.2. The van der Waals surface area contributed by atoms with Crippen LogP contribution in [0.2, 0.25) is 5.02 Å². The molecule has 1 aliphatic carbocycles. The summed E-state index contributed by atoms with van der Waals surface area (Å²) in [4.78, 5) is 17.3. The van der Waals surface area contributed by atoms with Gasteiger partial charge in [-0.1, -0.05) is 16.8 Å². The lowest BCUT2D eigenvalue weighted by molar-refractivity contribution is 0.0951. The standard InChI is InChI=1S/C17H18ClN5O2/c1-3-23-14(12(18)7-20-23)8-19-16(24)11-6-13(10-4-5-10)21-17-15(11)9(2)22-25-17/h6-7,10H,3-5,8H2,1-2H3,(H,19,24). The molecular weight excluding hydrogens is 342 g/mol. The molecule has 0 unspecified atom stereocenters. The summed E-state index contributed by atoms with van der Waals surface area (Å²) in [6, 6.07) is 1.86. The highest BCUT2D eigenvalue weighted by molar-refractivity contribution is 6.31. The molecule has 0 bridgehead atoms. The Kier molecular flexibility index (Phi) is 3.95. The van der Waals surface area contributed by atoms with Crippen molar-refractivity contribution in [3.05, 3.63) is 39.9 Å². The van der Waals surface area contributed by atoms with Gasteiger partial charge in [-0.05, 0) is 32.8 Å². The van der Waals surface area contributed by atoms with Crippen molar-refractivity contribution in [3.63, 3.8) is 0 Å². The van der Waals surface area contributed by atoms with Crippen molar-refractivity contribution in [2.75, 3.05) is 0 Å². The minimum absolute atomic E-state index is 0.194. The van der Waals surface area contributed by atoms with Crippen molar-refractivity contribution < 1.29 is 9.32 Å². The van der Waals surface area contributed by atoms with E-state index in [1.807, 2.05) is 19.9 Å². The maximum Gasteiger partial charge on any atom is 0.259 e. The first-order valence-corrected chi connectivity index (χ1v) is 8.71. The van der Waals surface area contributed by atoms with Crippen LogP contribution in [0.4, 0.5) is 0 Å². The van der Waals surface area contributed by atoms with Gasteiger partial charge >= 0.3 is 0 Å². The Morgan fingerprint density at radius 3 is 3.00 bits per heavy atom. The van der Waals surface area contributed by atoms with E-state index in [9.17, 15) is 4.79 Å². The quantitative estimate of drug-likeness (QED) is 0.756. The van der Waals surface area contributed by atoms with Gasteiger partial charge in [-0.3, -0.25) is 9.48 Å². The van der Waals surface area contributed by atoms with Crippen molar-refractivity contribution in [1.29, 1.82) is 0 Å². The Balaban J connectivity index is 1.65. The number of hydrogen-bond donors (Lipinski definition) is 1. The number of amides is 1. The molecule has 1 N–H and O–H groups in total. The smallest absolute Gasteiger partial charge is 0.259 e. The summed E-state index contributed by atoms with van der Waals surface area (Å²) < 4.78 is 7.06. The molecule has 0 radical (unpaired) electrons. The van der Waals surface area contributed by atoms with Crippen LogP contribution in [0.5, 0.6) is 0 Å². The minimum atomic E-state index is -0.194. The van der Waals surface area contributed by atoms with E-state index in [1.165, 1.54) is 0 Å². The highest BCUT2D eigenvalue weighted by atomic mass is 35.5. The van der Waals surface area contributed by atoms with Crippen LogP contribution < -0.4 is 5.32 Å². The largest absolute Gasteiger partial charge is 0.346 e. The maximum atomic E-state index is 12.8. The third-order valence-electron chi connectivity index (χ3n) is 4.49. The molecule has 0 saturated heterocycles. The first kappa shape index (κ1) is 16.1. The van der Waals surface area contributed by atoms with Crippen molar-refractivity contribution >= 4 is 28.6 Å². The summed E-state index contributed by atoms with van der Waals surface area (Å²) in [5.41, 5.74) is 3.30. The van der Waals surface area contributed by atoms with Gasteiger partial charge in [0, 0.05) is 18.2 Å². The van der Waals surface area contributed by atoms with E-state index in [0.29, 0.717) is 46.4 Å². The van der Waals surface area contributed by atoms with Crippen molar-refractivity contribution in [1.82, 2.24) is 25.2 Å². The van der Waals surface area contributed by atoms with Crippen LogP contribution >= 0.6 is 11.6 Å². The van der Waals surface area contributed by atoms with Crippen molar-refractivity contribution in [2.24, 2.45) is 0 Å². The Hall–Kier alpha value is -2.41. The van der Waals surface area contributed by atoms with Gasteiger partial charge in [-0.15, -0.1) is 0 Å². The molecule has 1 fully saturated rings. The fourth-order valence-electron chi connectivity index (χ4n) is 2.98. The number of aryl methyl sites for hydroxylation is 2. The van der Waals surface area contributed by atoms with Crippen LogP contribution in [0.15, 0.2) is 16.8 Å². The van der Waals surface area contributed by atoms with Gasteiger partial charge < -0.3 is 9.84 Å². The lowest BCUT2D eigenvalue weighted by Crippen LogP contribution is -2.25. The molecule has 0 spiro atoms. The highest BCUT2D eigenvalue weighted by Gasteiger charge is 2.28. The zero-order valence-corrected chi connectivity index (χ0v) is 14.8. The van der Waals surface area contributed by atoms with Crippen LogP contribution in [0.25, 0.3) is 11.1 Å². The molecule has 3 aromatic rings. The Labute approximate surface area is 149 Å². The second kappa shape index (κ2) is 6.15. The van der Waals surface area contributed by atoms with Gasteiger partial charge in [0.05, 0.1) is 40.1 Å². The van der Waals surface area contributed by atoms with Crippen molar-refractivity contribution in [3.8, 4) is 0 Å². The van der Waals surface area contributed by atoms with Crippen LogP contribution in [-0.4, -0.2) is 25.8 Å². The van der Waals surface area contributed by atoms with Crippen LogP contribution in [0, 0.1) is 6.92 Å². The van der Waals surface area contributed by atoms with Crippen molar-refractivity contribution in [2.45, 2.75) is 45.7 Å². The molecule has 1 saturated carbocycles. The van der Waals surface area contributed by atoms with E-state index in [0.717, 1.165) is 24.2 Å². The molecule has 7 nitrogen and oxygen atoms in total. The van der Waals surface area contributed by atoms with E-state index in [4.69, 9.17) is 16.1 Å². The summed E-state index contributed by atoms with van der Waals surface area (Å²) >= 11 is 6.16. The number of carbonyl (C=O) groups is 1. The number of aromatic nitrogens is 4. The molecule has 0 aliphatic heterocycles. The molecular formula is C17H18ClN5O2. The number of nitrogens with zero attached hydrogens (tertiary/aromatic N) is 4. The lowest BCUT2D eigenvalue weighted by Gasteiger charge is -2.09. The Morgan fingerprint density at radius 1 is 1.48 bits per heavy atom. The maximum absolute atomic E-state index is 12.8. The highest BCUT2D eigenvalue weighted by Crippen LogP contribution is 2.40. The number of carbonyl (C=O) groups excluding carboxylic acids is 1. The number of hydrogen-bond acceptors (Lipinski definition) is 5. The molecule has 25 heavy (non-hydrogen) atoms. The molecule has 3 aromatic heterocycles. The summed E-state index contributed by atoms with van der Waals surface area (Å²) in [5, 5.41) is 12.3. The third kappa shape index (κ3) is 2.89. The number of halogens is 1. The van der Waals surface area contributed by atoms with Gasteiger partial charge in [0.2, 0.25) is 0 Å². The predicted octanol–water partition coefficient (Wildman–Crippen LogP) is 3.21. The third-order valence-corrected chi connectivity index (χ3v) is 4.81. The summed E-state index contributed by atoms with van der Waals surface area (Å²) in [7, 11) is 0. The first-order valence-electron chi connectivity index (χ1n) is 8.33. The van der Waals surface area contributed by atoms with Gasteiger partial charge in [0.1, 0.15) is 0 Å². The van der Waals surface area contributed by atoms with Gasteiger partial charge in [0.25, 0.3) is 11.6 Å². The summed E-state index contributed by atoms with van der Waals surface area (Å²) in [5.74, 6) is 0.220. The second-order valence-electron chi connectivity index (χ2n) is 6.25. The number of pyridine rings is 1. The topological polar surface area (TPSA) is 85.8 Å². The average Bonchev–Trinajstić information content (AvgIpc) is 3.32. The number of fused-ring (bicyclic) bond motifs is 1. The fraction of sp³-hybridized carbons (Fsp3) is 0.412. The minimum Gasteiger partial charge on any atom is -0.346 e. The molecule has 3 heterocycles. The van der Waals surface area contributed by atoms with Gasteiger partial charge in [-0.25, -0.2) is 4.98 Å². The van der Waals surface area contributed by atoms with Gasteiger partial charge in [-0.2, -0.15) is 5.10 Å². The van der Waals surface area contributed by atoms with E-state index >= 15 is 0 Å². The van der Waals surface area contributed by atoms with Crippen LogP contribution in [-0.2, 0) is 13.1 Å². The molecule has 1 amide bonds. The van der Waals surface area contributed by atoms with Crippen LogP contribution in [0.3, 0.4) is 0 Å². The van der Waals surface area contributed by atoms with E-state index in [-0.39, 0.29) is 5.91 Å². The molecule has 0 atom stereocenters. The van der Waals surface area contributed by atoms with E-state index in [1.54, 1.807) is 10.9 Å². The zero-order valence-electron chi connectivity index (χ0n) is 14.0. The van der Waals surface area contributed by atoms with E-state index < -0.39 is 0 Å². The summed E-state index contributed by atoms with van der Waals surface area (Å²) in [6.45, 7) is 4.78. The Bertz CT molecular complexity index is 958. The number of nitrogens with one attached hydrogen (secondary N) is 1. The molecule has 0 aromatic carbocycles. The fourth-order valence-corrected chi connectivity index (χ4v) is 3.18.